The van der Waals surface area contributed by atoms with Gasteiger partial charge in [-0.2, -0.15) is 0 Å². The molecular weight excluding hydrogens is 374 g/mol. The Hall–Kier alpha value is -3.06. The zero-order valence-corrected chi connectivity index (χ0v) is 16.5. The first-order chi connectivity index (χ1) is 13.5. The Balaban J connectivity index is 1.53. The van der Waals surface area contributed by atoms with Crippen molar-refractivity contribution in [1.29, 1.82) is 0 Å². The van der Waals surface area contributed by atoms with Crippen LogP contribution in [0.3, 0.4) is 0 Å². The number of amides is 1. The lowest BCUT2D eigenvalue weighted by atomic mass is 10.1. The zero-order chi connectivity index (χ0) is 19.9. The maximum absolute atomic E-state index is 12.2. The van der Waals surface area contributed by atoms with E-state index in [1.807, 2.05) is 25.1 Å². The molecule has 144 valence electrons. The molecule has 0 spiro atoms. The van der Waals surface area contributed by atoms with Gasteiger partial charge in [-0.15, -0.1) is 0 Å². The highest BCUT2D eigenvalue weighted by atomic mass is 32.2. The van der Waals surface area contributed by atoms with Gasteiger partial charge in [-0.3, -0.25) is 4.79 Å². The van der Waals surface area contributed by atoms with E-state index in [9.17, 15) is 9.59 Å². The van der Waals surface area contributed by atoms with E-state index in [0.717, 1.165) is 23.0 Å². The molecule has 3 rings (SSSR count). The van der Waals surface area contributed by atoms with Gasteiger partial charge in [0, 0.05) is 17.8 Å². The van der Waals surface area contributed by atoms with Crippen LogP contribution in [0.4, 0.5) is 5.69 Å². The van der Waals surface area contributed by atoms with Gasteiger partial charge in [-0.1, -0.05) is 42.1 Å². The Morgan fingerprint density at radius 1 is 1.11 bits per heavy atom. The van der Waals surface area contributed by atoms with Gasteiger partial charge in [0.05, 0.1) is 24.1 Å². The predicted molar refractivity (Wildman–Crippen MR) is 110 cm³/mol. The minimum Gasteiger partial charge on any atom is -0.465 e. The second-order valence-electron chi connectivity index (χ2n) is 6.18. The third-order valence-corrected chi connectivity index (χ3v) is 4.98. The lowest BCUT2D eigenvalue weighted by Crippen LogP contribution is -2.14. The lowest BCUT2D eigenvalue weighted by molar-refractivity contribution is -0.113. The molecule has 6 nitrogen and oxygen atoms in total. The number of anilines is 1. The summed E-state index contributed by atoms with van der Waals surface area (Å²) in [4.78, 5) is 31.4. The number of thioether (sulfide) groups is 1. The fourth-order valence-corrected chi connectivity index (χ4v) is 3.38. The smallest absolute Gasteiger partial charge is 0.337 e. The van der Waals surface area contributed by atoms with Crippen molar-refractivity contribution in [2.45, 2.75) is 18.5 Å². The molecule has 3 aromatic rings. The van der Waals surface area contributed by atoms with Crippen molar-refractivity contribution in [3.63, 3.8) is 0 Å². The van der Waals surface area contributed by atoms with Gasteiger partial charge in [0.1, 0.15) is 0 Å². The topological polar surface area (TPSA) is 84.1 Å². The van der Waals surface area contributed by atoms with E-state index < -0.39 is 5.97 Å². The van der Waals surface area contributed by atoms with Crippen molar-refractivity contribution >= 4 is 29.3 Å². The van der Waals surface area contributed by atoms with Gasteiger partial charge < -0.3 is 15.0 Å². The Bertz CT molecular complexity index is 953. The van der Waals surface area contributed by atoms with Gasteiger partial charge >= 0.3 is 5.97 Å². The van der Waals surface area contributed by atoms with E-state index in [4.69, 9.17) is 0 Å². The number of hydrogen-bond acceptors (Lipinski definition) is 5. The van der Waals surface area contributed by atoms with Gasteiger partial charge in [-0.25, -0.2) is 9.78 Å². The molecule has 1 aromatic heterocycles. The van der Waals surface area contributed by atoms with Crippen molar-refractivity contribution in [1.82, 2.24) is 9.97 Å². The highest BCUT2D eigenvalue weighted by Gasteiger charge is 2.11. The number of aromatic amines is 1. The first-order valence-electron chi connectivity index (χ1n) is 8.75. The molecule has 0 radical (unpaired) electrons. The standard InChI is InChI=1S/C21H21N3O3S/c1-14-18(12-15-6-4-3-5-7-15)24-21(22-14)28-13-19(25)23-17-10-8-16(9-11-17)20(26)27-2/h3-11H,12-13H2,1-2H3,(H,22,24)(H,23,25). The summed E-state index contributed by atoms with van der Waals surface area (Å²) in [6.45, 7) is 1.98. The Kier molecular flexibility index (Phi) is 6.49. The number of esters is 1. The zero-order valence-electron chi connectivity index (χ0n) is 15.7. The number of carbonyl (C=O) groups is 2. The van der Waals surface area contributed by atoms with Crippen LogP contribution in [-0.4, -0.2) is 34.7 Å². The van der Waals surface area contributed by atoms with Crippen LogP contribution in [0.15, 0.2) is 59.8 Å². The number of nitrogens with one attached hydrogen (secondary N) is 2. The van der Waals surface area contributed by atoms with E-state index >= 15 is 0 Å². The summed E-state index contributed by atoms with van der Waals surface area (Å²) >= 11 is 1.35. The monoisotopic (exact) mass is 395 g/mol. The summed E-state index contributed by atoms with van der Waals surface area (Å²) in [6.07, 6.45) is 0.752. The van der Waals surface area contributed by atoms with Crippen LogP contribution in [0.25, 0.3) is 0 Å². The number of carbonyl (C=O) groups excluding carboxylic acids is 2. The maximum atomic E-state index is 12.2. The van der Waals surface area contributed by atoms with E-state index in [2.05, 4.69) is 32.2 Å². The summed E-state index contributed by atoms with van der Waals surface area (Å²) < 4.78 is 4.65. The van der Waals surface area contributed by atoms with Crippen LogP contribution in [0.2, 0.25) is 0 Å². The lowest BCUT2D eigenvalue weighted by Gasteiger charge is -2.05. The number of ether oxygens (including phenoxy) is 1. The summed E-state index contributed by atoms with van der Waals surface area (Å²) in [5.41, 5.74) is 4.24. The van der Waals surface area contributed by atoms with Gasteiger partial charge in [0.25, 0.3) is 0 Å². The molecule has 2 N–H and O–H groups in total. The number of methoxy groups -OCH3 is 1. The number of hydrogen-bond donors (Lipinski definition) is 2. The Morgan fingerprint density at radius 3 is 2.50 bits per heavy atom. The summed E-state index contributed by atoms with van der Waals surface area (Å²) in [5, 5.41) is 3.53. The highest BCUT2D eigenvalue weighted by molar-refractivity contribution is 7.99. The fraction of sp³-hybridized carbons (Fsp3) is 0.190. The third kappa shape index (κ3) is 5.23. The molecule has 2 aromatic carbocycles. The third-order valence-electron chi connectivity index (χ3n) is 4.11. The quantitative estimate of drug-likeness (QED) is 0.469. The summed E-state index contributed by atoms with van der Waals surface area (Å²) in [5.74, 6) is -0.321. The van der Waals surface area contributed by atoms with Crippen molar-refractivity contribution in [2.24, 2.45) is 0 Å². The molecular formula is C21H21N3O3S. The molecule has 0 atom stereocenters. The molecule has 0 saturated heterocycles. The average molecular weight is 395 g/mol. The van der Waals surface area contributed by atoms with Crippen LogP contribution < -0.4 is 5.32 Å². The second kappa shape index (κ2) is 9.23. The number of rotatable bonds is 7. The Morgan fingerprint density at radius 2 is 1.82 bits per heavy atom. The molecule has 1 heterocycles. The molecule has 0 aliphatic carbocycles. The highest BCUT2D eigenvalue weighted by Crippen LogP contribution is 2.19. The number of nitrogens with zero attached hydrogens (tertiary/aromatic N) is 1. The van der Waals surface area contributed by atoms with Crippen LogP contribution in [-0.2, 0) is 16.0 Å². The van der Waals surface area contributed by atoms with E-state index in [1.54, 1.807) is 24.3 Å². The molecule has 0 aliphatic heterocycles. The van der Waals surface area contributed by atoms with Crippen LogP contribution in [0.5, 0.6) is 0 Å². The number of aryl methyl sites for hydroxylation is 1. The minimum atomic E-state index is -0.409. The van der Waals surface area contributed by atoms with Crippen LogP contribution in [0.1, 0.15) is 27.3 Å². The van der Waals surface area contributed by atoms with Gasteiger partial charge in [0.15, 0.2) is 5.16 Å². The van der Waals surface area contributed by atoms with E-state index in [-0.39, 0.29) is 11.7 Å². The van der Waals surface area contributed by atoms with Crippen molar-refractivity contribution in [2.75, 3.05) is 18.2 Å². The van der Waals surface area contributed by atoms with E-state index in [0.29, 0.717) is 11.3 Å². The van der Waals surface area contributed by atoms with Gasteiger partial charge in [0.2, 0.25) is 5.91 Å². The Labute approximate surface area is 167 Å². The number of H-pyrrole nitrogens is 1. The largest absolute Gasteiger partial charge is 0.465 e. The summed E-state index contributed by atoms with van der Waals surface area (Å²) in [6, 6.07) is 16.7. The van der Waals surface area contributed by atoms with Crippen molar-refractivity contribution in [3.05, 3.63) is 77.1 Å². The number of aromatic nitrogens is 2. The normalized spacial score (nSPS) is 10.5. The van der Waals surface area contributed by atoms with Crippen molar-refractivity contribution in [3.8, 4) is 0 Å². The molecule has 0 unspecified atom stereocenters. The molecule has 0 fully saturated rings. The number of benzene rings is 2. The first-order valence-corrected chi connectivity index (χ1v) is 9.74. The molecule has 0 bridgehead atoms. The number of imidazole rings is 1. The molecule has 0 aliphatic rings. The van der Waals surface area contributed by atoms with E-state index in [1.165, 1.54) is 24.4 Å². The predicted octanol–water partition coefficient (Wildman–Crippen LogP) is 3.83. The molecule has 28 heavy (non-hydrogen) atoms. The SMILES string of the molecule is COC(=O)c1ccc(NC(=O)CSc2nc(Cc3ccccc3)c(C)[nH]2)cc1. The molecule has 0 saturated carbocycles. The average Bonchev–Trinajstić information content (AvgIpc) is 3.06. The summed E-state index contributed by atoms with van der Waals surface area (Å²) in [7, 11) is 1.33. The first kappa shape index (κ1) is 19.7. The second-order valence-corrected chi connectivity index (χ2v) is 7.15. The van der Waals surface area contributed by atoms with Gasteiger partial charge in [-0.05, 0) is 36.8 Å². The maximum Gasteiger partial charge on any atom is 0.337 e. The van der Waals surface area contributed by atoms with Crippen molar-refractivity contribution < 1.29 is 14.3 Å². The molecule has 7 heteroatoms. The van der Waals surface area contributed by atoms with Crippen LogP contribution in [0, 0.1) is 6.92 Å². The minimum absolute atomic E-state index is 0.144. The fourth-order valence-electron chi connectivity index (χ4n) is 2.64. The van der Waals surface area contributed by atoms with Crippen LogP contribution >= 0.6 is 11.8 Å². The molecule has 1 amide bonds.